The van der Waals surface area contributed by atoms with E-state index in [0.717, 1.165) is 35.2 Å². The molecule has 0 spiro atoms. The van der Waals surface area contributed by atoms with E-state index in [1.165, 1.54) is 11.3 Å². The van der Waals surface area contributed by atoms with Crippen LogP contribution in [0.25, 0.3) is 10.2 Å². The van der Waals surface area contributed by atoms with Crippen molar-refractivity contribution >= 4 is 27.2 Å². The van der Waals surface area contributed by atoms with Gasteiger partial charge in [-0.05, 0) is 25.0 Å². The summed E-state index contributed by atoms with van der Waals surface area (Å²) in [5.74, 6) is 0. The minimum atomic E-state index is 0.565. The van der Waals surface area contributed by atoms with Crippen LogP contribution in [0.5, 0.6) is 0 Å². The Morgan fingerprint density at radius 3 is 3.00 bits per heavy atom. The number of rotatable bonds is 3. The Hall–Kier alpha value is -1.60. The van der Waals surface area contributed by atoms with Gasteiger partial charge in [0.05, 0.1) is 5.69 Å². The van der Waals surface area contributed by atoms with Gasteiger partial charge in [-0.1, -0.05) is 13.3 Å². The molecule has 2 N–H and O–H groups in total. The lowest BCUT2D eigenvalue weighted by atomic mass is 10.1. The molecular weight excluding hydrogens is 218 g/mol. The fourth-order valence-electron chi connectivity index (χ4n) is 1.62. The van der Waals surface area contributed by atoms with Crippen molar-refractivity contribution in [1.29, 1.82) is 5.26 Å². The predicted molar refractivity (Wildman–Crippen MR) is 67.4 cm³/mol. The number of unbranched alkanes of at least 4 members (excludes halogenated alkanes) is 1. The number of aryl methyl sites for hydroxylation is 1. The van der Waals surface area contributed by atoms with Crippen molar-refractivity contribution in [3.8, 4) is 6.07 Å². The molecule has 0 radical (unpaired) electrons. The average Bonchev–Trinajstić information content (AvgIpc) is 2.63. The van der Waals surface area contributed by atoms with Crippen molar-refractivity contribution in [2.24, 2.45) is 0 Å². The fraction of sp³-hybridized carbons (Fsp3) is 0.333. The Morgan fingerprint density at radius 2 is 2.31 bits per heavy atom. The second-order valence-electron chi connectivity index (χ2n) is 3.72. The fourth-order valence-corrected chi connectivity index (χ4v) is 2.53. The number of nitriles is 1. The van der Waals surface area contributed by atoms with Crippen molar-refractivity contribution in [2.75, 3.05) is 5.73 Å². The first kappa shape index (κ1) is 10.9. The maximum absolute atomic E-state index is 8.88. The molecule has 16 heavy (non-hydrogen) atoms. The highest BCUT2D eigenvalue weighted by Crippen LogP contribution is 2.31. The maximum Gasteiger partial charge on any atom is 0.130 e. The van der Waals surface area contributed by atoms with Crippen molar-refractivity contribution in [2.45, 2.75) is 26.2 Å². The first-order chi connectivity index (χ1) is 7.76. The van der Waals surface area contributed by atoms with Crippen LogP contribution in [-0.4, -0.2) is 4.98 Å². The molecule has 2 aromatic heterocycles. The molecule has 2 rings (SSSR count). The summed E-state index contributed by atoms with van der Waals surface area (Å²) < 4.78 is 0. The predicted octanol–water partition coefficient (Wildman–Crippen LogP) is 3.09. The van der Waals surface area contributed by atoms with Crippen molar-refractivity contribution in [3.63, 3.8) is 0 Å². The number of aromatic nitrogens is 1. The standard InChI is InChI=1S/C12H13N3S/c1-2-3-4-8-5-6-9-11(14)10(7-13)16-12(9)15-8/h5-6H,2-4,14H2,1H3. The van der Waals surface area contributed by atoms with Crippen molar-refractivity contribution < 1.29 is 0 Å². The summed E-state index contributed by atoms with van der Waals surface area (Å²) >= 11 is 1.37. The summed E-state index contributed by atoms with van der Waals surface area (Å²) in [7, 11) is 0. The van der Waals surface area contributed by atoms with E-state index in [2.05, 4.69) is 18.0 Å². The third-order valence-corrected chi connectivity index (χ3v) is 3.56. The van der Waals surface area contributed by atoms with Gasteiger partial charge in [0.25, 0.3) is 0 Å². The molecule has 0 unspecified atom stereocenters. The van der Waals surface area contributed by atoms with Crippen LogP contribution in [0.2, 0.25) is 0 Å². The highest BCUT2D eigenvalue weighted by Gasteiger charge is 2.10. The molecular formula is C12H13N3S. The number of pyridine rings is 1. The smallest absolute Gasteiger partial charge is 0.130 e. The van der Waals surface area contributed by atoms with E-state index in [9.17, 15) is 0 Å². The SMILES string of the molecule is CCCCc1ccc2c(N)c(C#N)sc2n1. The highest BCUT2D eigenvalue weighted by atomic mass is 32.1. The number of fused-ring (bicyclic) bond motifs is 1. The Morgan fingerprint density at radius 1 is 1.50 bits per heavy atom. The van der Waals surface area contributed by atoms with E-state index in [-0.39, 0.29) is 0 Å². The van der Waals surface area contributed by atoms with E-state index in [1.807, 2.05) is 12.1 Å². The van der Waals surface area contributed by atoms with E-state index in [0.29, 0.717) is 10.6 Å². The topological polar surface area (TPSA) is 62.7 Å². The van der Waals surface area contributed by atoms with Gasteiger partial charge >= 0.3 is 0 Å². The molecule has 2 aromatic rings. The molecule has 0 fully saturated rings. The zero-order valence-electron chi connectivity index (χ0n) is 9.16. The number of nitrogen functional groups attached to an aromatic ring is 1. The van der Waals surface area contributed by atoms with Crippen LogP contribution >= 0.6 is 11.3 Å². The maximum atomic E-state index is 8.88. The molecule has 0 aromatic carbocycles. The van der Waals surface area contributed by atoms with E-state index in [1.54, 1.807) is 0 Å². The zero-order valence-corrected chi connectivity index (χ0v) is 9.97. The molecule has 0 saturated carbocycles. The minimum absolute atomic E-state index is 0.565. The van der Waals surface area contributed by atoms with Crippen molar-refractivity contribution in [1.82, 2.24) is 4.98 Å². The van der Waals surface area contributed by atoms with Crippen LogP contribution in [0.4, 0.5) is 5.69 Å². The van der Waals surface area contributed by atoms with Crippen LogP contribution in [0.15, 0.2) is 12.1 Å². The molecule has 0 aliphatic heterocycles. The van der Waals surface area contributed by atoms with Gasteiger partial charge in [0.2, 0.25) is 0 Å². The normalized spacial score (nSPS) is 10.5. The molecule has 4 heteroatoms. The van der Waals surface area contributed by atoms with E-state index < -0.39 is 0 Å². The monoisotopic (exact) mass is 231 g/mol. The number of hydrogen-bond acceptors (Lipinski definition) is 4. The molecule has 2 heterocycles. The van der Waals surface area contributed by atoms with Crippen LogP contribution in [0, 0.1) is 11.3 Å². The summed E-state index contributed by atoms with van der Waals surface area (Å²) in [5, 5.41) is 9.79. The van der Waals surface area contributed by atoms with Gasteiger partial charge in [-0.15, -0.1) is 11.3 Å². The number of nitrogens with zero attached hydrogens (tertiary/aromatic N) is 2. The molecule has 0 atom stereocenters. The molecule has 0 bridgehead atoms. The largest absolute Gasteiger partial charge is 0.396 e. The van der Waals surface area contributed by atoms with Crippen LogP contribution in [0.1, 0.15) is 30.3 Å². The first-order valence-electron chi connectivity index (χ1n) is 5.34. The molecule has 82 valence electrons. The van der Waals surface area contributed by atoms with Gasteiger partial charge in [0, 0.05) is 11.1 Å². The lowest BCUT2D eigenvalue weighted by molar-refractivity contribution is 0.780. The number of hydrogen-bond donors (Lipinski definition) is 1. The average molecular weight is 231 g/mol. The molecule has 3 nitrogen and oxygen atoms in total. The lowest BCUT2D eigenvalue weighted by Crippen LogP contribution is -1.90. The number of anilines is 1. The Labute approximate surface area is 98.5 Å². The van der Waals surface area contributed by atoms with Gasteiger partial charge in [-0.3, -0.25) is 0 Å². The quantitative estimate of drug-likeness (QED) is 0.882. The second-order valence-corrected chi connectivity index (χ2v) is 4.71. The van der Waals surface area contributed by atoms with Gasteiger partial charge < -0.3 is 5.73 Å². The third kappa shape index (κ3) is 1.86. The van der Waals surface area contributed by atoms with Gasteiger partial charge in [-0.2, -0.15) is 5.26 Å². The summed E-state index contributed by atoms with van der Waals surface area (Å²) in [6.45, 7) is 2.16. The van der Waals surface area contributed by atoms with Crippen LogP contribution in [-0.2, 0) is 6.42 Å². The Balaban J connectivity index is 2.43. The summed E-state index contributed by atoms with van der Waals surface area (Å²) in [6.07, 6.45) is 3.30. The molecule has 0 amide bonds. The number of nitrogens with two attached hydrogens (primary N) is 1. The highest BCUT2D eigenvalue weighted by molar-refractivity contribution is 7.19. The minimum Gasteiger partial charge on any atom is -0.396 e. The Kier molecular flexibility index (Phi) is 3.07. The summed E-state index contributed by atoms with van der Waals surface area (Å²) in [4.78, 5) is 5.97. The number of thiophene rings is 1. The summed E-state index contributed by atoms with van der Waals surface area (Å²) in [5.41, 5.74) is 7.50. The molecule has 0 aliphatic carbocycles. The van der Waals surface area contributed by atoms with Gasteiger partial charge in [-0.25, -0.2) is 4.98 Å². The van der Waals surface area contributed by atoms with Crippen molar-refractivity contribution in [3.05, 3.63) is 22.7 Å². The first-order valence-corrected chi connectivity index (χ1v) is 6.16. The van der Waals surface area contributed by atoms with E-state index >= 15 is 0 Å². The molecule has 0 aliphatic rings. The third-order valence-electron chi connectivity index (χ3n) is 2.54. The molecule has 0 saturated heterocycles. The zero-order chi connectivity index (χ0) is 11.5. The van der Waals surface area contributed by atoms with Gasteiger partial charge in [0.15, 0.2) is 0 Å². The van der Waals surface area contributed by atoms with Crippen LogP contribution in [0.3, 0.4) is 0 Å². The van der Waals surface area contributed by atoms with Gasteiger partial charge in [0.1, 0.15) is 15.8 Å². The van der Waals surface area contributed by atoms with Crippen LogP contribution < -0.4 is 5.73 Å². The second kappa shape index (κ2) is 4.50. The summed E-state index contributed by atoms with van der Waals surface area (Å²) in [6, 6.07) is 6.08. The van der Waals surface area contributed by atoms with E-state index in [4.69, 9.17) is 11.0 Å². The lowest BCUT2D eigenvalue weighted by Gasteiger charge is -1.98. The Bertz CT molecular complexity index is 551.